The van der Waals surface area contributed by atoms with Crippen molar-refractivity contribution < 1.29 is 22.0 Å². The van der Waals surface area contributed by atoms with Crippen molar-refractivity contribution in [3.05, 3.63) is 57.3 Å². The summed E-state index contributed by atoms with van der Waals surface area (Å²) >= 11 is 0. The Morgan fingerprint density at radius 2 is 1.77 bits per heavy atom. The highest BCUT2D eigenvalue weighted by Crippen LogP contribution is 2.32. The fraction of sp³-hybridized carbons (Fsp3) is 0.312. The van der Waals surface area contributed by atoms with Gasteiger partial charge in [0.1, 0.15) is 16.9 Å². The number of rotatable bonds is 3. The summed E-state index contributed by atoms with van der Waals surface area (Å²) in [7, 11) is 0. The molecule has 0 saturated carbocycles. The minimum atomic E-state index is -4.48. The van der Waals surface area contributed by atoms with E-state index in [1.165, 1.54) is 19.1 Å². The third kappa shape index (κ3) is 3.06. The molecule has 2 heterocycles. The van der Waals surface area contributed by atoms with Crippen LogP contribution >= 0.6 is 0 Å². The van der Waals surface area contributed by atoms with Crippen LogP contribution in [0.2, 0.25) is 0 Å². The molecule has 1 N–H and O–H groups in total. The van der Waals surface area contributed by atoms with Crippen molar-refractivity contribution in [1.82, 2.24) is 19.7 Å². The van der Waals surface area contributed by atoms with Gasteiger partial charge in [-0.25, -0.2) is 18.4 Å². The van der Waals surface area contributed by atoms with E-state index in [0.29, 0.717) is 5.56 Å². The van der Waals surface area contributed by atoms with Gasteiger partial charge in [0.15, 0.2) is 5.65 Å². The average Bonchev–Trinajstić information content (AvgIpc) is 2.93. The van der Waals surface area contributed by atoms with Gasteiger partial charge in [-0.15, -0.1) is 0 Å². The quantitative estimate of drug-likeness (QED) is 0.707. The van der Waals surface area contributed by atoms with Crippen LogP contribution in [0.4, 0.5) is 22.0 Å². The van der Waals surface area contributed by atoms with Gasteiger partial charge < -0.3 is 4.98 Å². The van der Waals surface area contributed by atoms with Gasteiger partial charge in [-0.2, -0.15) is 18.3 Å². The van der Waals surface area contributed by atoms with E-state index >= 15 is 0 Å². The summed E-state index contributed by atoms with van der Waals surface area (Å²) in [6.45, 7) is 3.06. The molecule has 2 aromatic heterocycles. The molecule has 0 saturated heterocycles. The first-order chi connectivity index (χ1) is 12.1. The fourth-order valence-electron chi connectivity index (χ4n) is 2.70. The van der Waals surface area contributed by atoms with Gasteiger partial charge in [-0.05, 0) is 31.5 Å². The van der Waals surface area contributed by atoms with Crippen LogP contribution in [0, 0.1) is 6.92 Å². The third-order valence-corrected chi connectivity index (χ3v) is 4.00. The zero-order chi connectivity index (χ0) is 19.2. The van der Waals surface area contributed by atoms with Crippen molar-refractivity contribution in [2.75, 3.05) is 0 Å². The summed E-state index contributed by atoms with van der Waals surface area (Å²) in [6, 6.07) is 3.57. The summed E-state index contributed by atoms with van der Waals surface area (Å²) in [4.78, 5) is 18.5. The van der Waals surface area contributed by atoms with Crippen molar-refractivity contribution in [1.29, 1.82) is 0 Å². The monoisotopic (exact) mass is 372 g/mol. The van der Waals surface area contributed by atoms with E-state index in [-0.39, 0.29) is 16.9 Å². The number of nitrogens with one attached hydrogen (secondary N) is 1. The van der Waals surface area contributed by atoms with E-state index in [1.54, 1.807) is 6.92 Å². The number of H-pyrrole nitrogens is 1. The maximum Gasteiger partial charge on any atom is 0.416 e. The second-order valence-corrected chi connectivity index (χ2v) is 5.78. The minimum Gasteiger partial charge on any atom is -0.310 e. The average molecular weight is 372 g/mol. The number of aryl methyl sites for hydroxylation is 1. The number of hydrogen-bond donors (Lipinski definition) is 1. The van der Waals surface area contributed by atoms with Gasteiger partial charge in [0.2, 0.25) is 0 Å². The van der Waals surface area contributed by atoms with E-state index < -0.39 is 35.5 Å². The van der Waals surface area contributed by atoms with E-state index in [9.17, 15) is 26.7 Å². The van der Waals surface area contributed by atoms with E-state index in [2.05, 4.69) is 15.1 Å². The molecule has 3 aromatic rings. The van der Waals surface area contributed by atoms with Crippen LogP contribution in [-0.4, -0.2) is 19.7 Å². The molecule has 0 aliphatic heterocycles. The fourth-order valence-corrected chi connectivity index (χ4v) is 2.70. The van der Waals surface area contributed by atoms with E-state index in [0.717, 1.165) is 16.8 Å². The van der Waals surface area contributed by atoms with Crippen molar-refractivity contribution in [2.24, 2.45) is 0 Å². The lowest BCUT2D eigenvalue weighted by Crippen LogP contribution is -2.13. The maximum atomic E-state index is 13.3. The molecule has 0 bridgehead atoms. The summed E-state index contributed by atoms with van der Waals surface area (Å²) in [5, 5.41) is 3.47. The summed E-state index contributed by atoms with van der Waals surface area (Å²) in [5.74, 6) is 0.212. The molecule has 10 heteroatoms. The molecule has 5 nitrogen and oxygen atoms in total. The molecule has 0 unspecified atom stereocenters. The largest absolute Gasteiger partial charge is 0.416 e. The number of nitrogens with zero attached hydrogens (tertiary/aromatic N) is 3. The van der Waals surface area contributed by atoms with Crippen molar-refractivity contribution in [3.63, 3.8) is 0 Å². The zero-order valence-corrected chi connectivity index (χ0v) is 13.6. The molecule has 1 aromatic carbocycles. The number of benzene rings is 1. The van der Waals surface area contributed by atoms with E-state index in [4.69, 9.17) is 0 Å². The standard InChI is InChI=1S/C16H13F5N4O/c1-7(9-3-5-10(6-4-9)16(19,20)21)25-14-11(12(24-25)13(17)18)15(26)23-8(2)22-14/h3-7,13H,1-2H3,(H,22,23,26)/t7-/m1/s1. The molecule has 0 aliphatic rings. The highest BCUT2D eigenvalue weighted by molar-refractivity contribution is 5.77. The first-order valence-corrected chi connectivity index (χ1v) is 7.54. The predicted molar refractivity (Wildman–Crippen MR) is 83.1 cm³/mol. The van der Waals surface area contributed by atoms with Gasteiger partial charge in [-0.3, -0.25) is 4.79 Å². The molecular weight excluding hydrogens is 359 g/mol. The summed E-state index contributed by atoms with van der Waals surface area (Å²) in [6.07, 6.45) is -7.47. The van der Waals surface area contributed by atoms with Crippen LogP contribution in [0.3, 0.4) is 0 Å². The molecule has 26 heavy (non-hydrogen) atoms. The molecule has 0 radical (unpaired) electrons. The Labute approximate surface area is 143 Å². The topological polar surface area (TPSA) is 63.6 Å². The molecule has 138 valence electrons. The molecular formula is C16H13F5N4O. The van der Waals surface area contributed by atoms with Crippen LogP contribution in [0.1, 0.15) is 42.0 Å². The van der Waals surface area contributed by atoms with Gasteiger partial charge >= 0.3 is 6.18 Å². The maximum absolute atomic E-state index is 13.3. The third-order valence-electron chi connectivity index (χ3n) is 4.00. The Balaban J connectivity index is 2.14. The predicted octanol–water partition coefficient (Wildman–Crippen LogP) is 3.99. The SMILES string of the molecule is Cc1nc2c(c(C(F)F)nn2[C@H](C)c2ccc(C(F)(F)F)cc2)c(=O)[nH]1. The van der Waals surface area contributed by atoms with Crippen molar-refractivity contribution in [2.45, 2.75) is 32.5 Å². The lowest BCUT2D eigenvalue weighted by molar-refractivity contribution is -0.137. The number of aromatic nitrogens is 4. The Kier molecular flexibility index (Phi) is 4.29. The molecule has 3 rings (SSSR count). The first kappa shape index (κ1) is 18.0. The molecule has 0 aliphatic carbocycles. The van der Waals surface area contributed by atoms with Gasteiger partial charge in [0.25, 0.3) is 12.0 Å². The Morgan fingerprint density at radius 3 is 2.31 bits per heavy atom. The number of alkyl halides is 5. The molecule has 0 fully saturated rings. The highest BCUT2D eigenvalue weighted by Gasteiger charge is 2.30. The van der Waals surface area contributed by atoms with Crippen LogP contribution in [0.15, 0.2) is 29.1 Å². The summed E-state index contributed by atoms with van der Waals surface area (Å²) in [5.41, 5.74) is -1.92. The van der Waals surface area contributed by atoms with Gasteiger partial charge in [-0.1, -0.05) is 12.1 Å². The second kappa shape index (κ2) is 6.19. The Hall–Kier alpha value is -2.78. The number of fused-ring (bicyclic) bond motifs is 1. The number of hydrogen-bond acceptors (Lipinski definition) is 3. The molecule has 0 spiro atoms. The normalized spacial score (nSPS) is 13.5. The first-order valence-electron chi connectivity index (χ1n) is 7.54. The van der Waals surface area contributed by atoms with Crippen molar-refractivity contribution >= 4 is 11.0 Å². The van der Waals surface area contributed by atoms with Crippen molar-refractivity contribution in [3.8, 4) is 0 Å². The lowest BCUT2D eigenvalue weighted by Gasteiger charge is -2.15. The summed E-state index contributed by atoms with van der Waals surface area (Å²) < 4.78 is 65.7. The zero-order valence-electron chi connectivity index (χ0n) is 13.6. The number of halogens is 5. The van der Waals surface area contributed by atoms with Crippen LogP contribution < -0.4 is 5.56 Å². The van der Waals surface area contributed by atoms with Crippen LogP contribution in [0.5, 0.6) is 0 Å². The lowest BCUT2D eigenvalue weighted by atomic mass is 10.1. The van der Waals surface area contributed by atoms with Gasteiger partial charge in [0.05, 0.1) is 11.6 Å². The number of aromatic amines is 1. The Morgan fingerprint density at radius 1 is 1.15 bits per heavy atom. The van der Waals surface area contributed by atoms with Crippen LogP contribution in [-0.2, 0) is 6.18 Å². The molecule has 0 amide bonds. The highest BCUT2D eigenvalue weighted by atomic mass is 19.4. The van der Waals surface area contributed by atoms with Gasteiger partial charge in [0, 0.05) is 0 Å². The Bertz CT molecular complexity index is 1000. The van der Waals surface area contributed by atoms with Crippen LogP contribution in [0.25, 0.3) is 11.0 Å². The smallest absolute Gasteiger partial charge is 0.310 e. The second-order valence-electron chi connectivity index (χ2n) is 5.78. The minimum absolute atomic E-state index is 0.0473. The van der Waals surface area contributed by atoms with E-state index in [1.807, 2.05) is 0 Å². The molecule has 1 atom stereocenters.